The molecule has 1 aromatic rings. The van der Waals surface area contributed by atoms with Crippen LogP contribution in [0.1, 0.15) is 12.0 Å². The third kappa shape index (κ3) is 4.50. The van der Waals surface area contributed by atoms with Crippen molar-refractivity contribution in [2.75, 3.05) is 31.6 Å². The first kappa shape index (κ1) is 16.4. The Morgan fingerprint density at radius 2 is 1.90 bits per heavy atom. The minimum atomic E-state index is -3.38. The van der Waals surface area contributed by atoms with Gasteiger partial charge in [0.25, 0.3) is 0 Å². The van der Waals surface area contributed by atoms with Crippen molar-refractivity contribution in [1.29, 1.82) is 0 Å². The van der Waals surface area contributed by atoms with E-state index >= 15 is 0 Å². The molecule has 0 spiro atoms. The molecule has 1 aliphatic rings. The molecular weight excluding hydrogens is 312 g/mol. The van der Waals surface area contributed by atoms with E-state index in [-0.39, 0.29) is 25.4 Å². The van der Waals surface area contributed by atoms with Crippen LogP contribution in [0.4, 0.5) is 0 Å². The van der Waals surface area contributed by atoms with Crippen LogP contribution in [0.3, 0.4) is 0 Å². The predicted molar refractivity (Wildman–Crippen MR) is 81.7 cm³/mol. The third-order valence-corrected chi connectivity index (χ3v) is 6.68. The summed E-state index contributed by atoms with van der Waals surface area (Å²) in [6, 6.07) is 9.27. The zero-order valence-corrected chi connectivity index (χ0v) is 13.6. The lowest BCUT2D eigenvalue weighted by molar-refractivity contribution is 0.354. The van der Waals surface area contributed by atoms with Crippen LogP contribution in [-0.2, 0) is 26.6 Å². The molecular formula is C13H20N2O4S2. The first-order valence-corrected chi connectivity index (χ1v) is 10.2. The highest BCUT2D eigenvalue weighted by atomic mass is 32.2. The third-order valence-electron chi connectivity index (χ3n) is 3.47. The molecule has 6 nitrogen and oxygen atoms in total. The van der Waals surface area contributed by atoms with Gasteiger partial charge in [-0.3, -0.25) is 0 Å². The fraction of sp³-hybridized carbons (Fsp3) is 0.538. The second kappa shape index (κ2) is 6.43. The van der Waals surface area contributed by atoms with Crippen LogP contribution in [0, 0.1) is 0 Å². The summed E-state index contributed by atoms with van der Waals surface area (Å²) in [5.74, 6) is 0.157. The summed E-state index contributed by atoms with van der Waals surface area (Å²) in [4.78, 5) is 0. The van der Waals surface area contributed by atoms with Crippen molar-refractivity contribution in [1.82, 2.24) is 8.61 Å². The number of hydrogen-bond donors (Lipinski definition) is 0. The van der Waals surface area contributed by atoms with Crippen molar-refractivity contribution in [3.8, 4) is 0 Å². The quantitative estimate of drug-likeness (QED) is 0.759. The monoisotopic (exact) mass is 332 g/mol. The number of sulfonamides is 2. The van der Waals surface area contributed by atoms with Crippen molar-refractivity contribution in [2.45, 2.75) is 13.0 Å². The highest BCUT2D eigenvalue weighted by molar-refractivity contribution is 7.89. The van der Waals surface area contributed by atoms with Crippen molar-refractivity contribution in [2.24, 2.45) is 0 Å². The van der Waals surface area contributed by atoms with Crippen LogP contribution in [0.2, 0.25) is 0 Å². The Bertz CT molecular complexity index is 671. The summed E-state index contributed by atoms with van der Waals surface area (Å²) >= 11 is 0. The van der Waals surface area contributed by atoms with E-state index in [0.29, 0.717) is 13.0 Å². The Morgan fingerprint density at radius 3 is 2.43 bits per heavy atom. The van der Waals surface area contributed by atoms with Gasteiger partial charge in [-0.15, -0.1) is 0 Å². The maximum absolute atomic E-state index is 11.9. The van der Waals surface area contributed by atoms with E-state index in [1.165, 1.54) is 8.61 Å². The average Bonchev–Trinajstić information content (AvgIpc) is 2.73. The second-order valence-corrected chi connectivity index (χ2v) is 9.22. The molecule has 0 aliphatic carbocycles. The molecule has 1 fully saturated rings. The van der Waals surface area contributed by atoms with Crippen LogP contribution < -0.4 is 0 Å². The van der Waals surface area contributed by atoms with Crippen molar-refractivity contribution in [3.05, 3.63) is 35.9 Å². The minimum Gasteiger partial charge on any atom is -0.212 e. The van der Waals surface area contributed by atoms with Gasteiger partial charge in [0.2, 0.25) is 20.0 Å². The molecule has 1 heterocycles. The molecule has 0 unspecified atom stereocenters. The first-order valence-electron chi connectivity index (χ1n) is 6.76. The van der Waals surface area contributed by atoms with Crippen molar-refractivity contribution >= 4 is 20.0 Å². The highest BCUT2D eigenvalue weighted by Gasteiger charge is 2.29. The molecule has 8 heteroatoms. The number of nitrogens with zero attached hydrogens (tertiary/aromatic N) is 2. The van der Waals surface area contributed by atoms with E-state index in [1.54, 1.807) is 0 Å². The molecule has 21 heavy (non-hydrogen) atoms. The summed E-state index contributed by atoms with van der Waals surface area (Å²) < 4.78 is 49.9. The van der Waals surface area contributed by atoms with Gasteiger partial charge < -0.3 is 0 Å². The fourth-order valence-corrected chi connectivity index (χ4v) is 4.63. The van der Waals surface area contributed by atoms with Crippen LogP contribution in [0.25, 0.3) is 0 Å². The molecule has 0 aromatic heterocycles. The molecule has 1 saturated heterocycles. The summed E-state index contributed by atoms with van der Waals surface area (Å²) in [5.41, 5.74) is 0.882. The average molecular weight is 332 g/mol. The van der Waals surface area contributed by atoms with Gasteiger partial charge >= 0.3 is 0 Å². The van der Waals surface area contributed by atoms with E-state index in [4.69, 9.17) is 0 Å². The molecule has 0 amide bonds. The SMILES string of the molecule is CS(=O)(=O)N(CCN1CCCS1(=O)=O)Cc1ccccc1. The lowest BCUT2D eigenvalue weighted by Crippen LogP contribution is -2.38. The molecule has 0 bridgehead atoms. The molecule has 118 valence electrons. The molecule has 0 N–H and O–H groups in total. The van der Waals surface area contributed by atoms with Gasteiger partial charge in [0.05, 0.1) is 12.0 Å². The largest absolute Gasteiger partial charge is 0.214 e. The van der Waals surface area contributed by atoms with Gasteiger partial charge in [-0.2, -0.15) is 4.31 Å². The lowest BCUT2D eigenvalue weighted by atomic mass is 10.2. The van der Waals surface area contributed by atoms with Gasteiger partial charge in [-0.25, -0.2) is 21.1 Å². The Balaban J connectivity index is 2.04. The van der Waals surface area contributed by atoms with Gasteiger partial charge in [-0.1, -0.05) is 30.3 Å². The minimum absolute atomic E-state index is 0.157. The predicted octanol–water partition coefficient (Wildman–Crippen LogP) is 0.484. The van der Waals surface area contributed by atoms with Gasteiger partial charge in [-0.05, 0) is 12.0 Å². The molecule has 2 rings (SSSR count). The summed E-state index contributed by atoms with van der Waals surface area (Å²) in [7, 11) is -6.57. The second-order valence-electron chi connectivity index (χ2n) is 5.15. The van der Waals surface area contributed by atoms with Gasteiger partial charge in [0, 0.05) is 26.2 Å². The van der Waals surface area contributed by atoms with Crippen LogP contribution in [0.15, 0.2) is 30.3 Å². The summed E-state index contributed by atoms with van der Waals surface area (Å²) in [6.07, 6.45) is 1.76. The van der Waals surface area contributed by atoms with Crippen LogP contribution in [0.5, 0.6) is 0 Å². The lowest BCUT2D eigenvalue weighted by Gasteiger charge is -2.23. The zero-order valence-electron chi connectivity index (χ0n) is 12.0. The maximum atomic E-state index is 11.9. The standard InChI is InChI=1S/C13H20N2O4S2/c1-20(16,17)15(12-13-6-3-2-4-7-13)10-9-14-8-5-11-21(14,18)19/h2-4,6-7H,5,8-12H2,1H3. The Kier molecular flexibility index (Phi) is 5.03. The van der Waals surface area contributed by atoms with E-state index in [9.17, 15) is 16.8 Å². The van der Waals surface area contributed by atoms with Crippen LogP contribution in [-0.4, -0.2) is 57.1 Å². The number of hydrogen-bond acceptors (Lipinski definition) is 4. The maximum Gasteiger partial charge on any atom is 0.214 e. The first-order chi connectivity index (χ1) is 9.79. The van der Waals surface area contributed by atoms with E-state index < -0.39 is 20.0 Å². The number of benzene rings is 1. The Hall–Kier alpha value is -0.960. The molecule has 1 aromatic carbocycles. The topological polar surface area (TPSA) is 74.8 Å². The van der Waals surface area contributed by atoms with Gasteiger partial charge in [0.1, 0.15) is 0 Å². The summed E-state index contributed by atoms with van der Waals surface area (Å²) in [6.45, 7) is 1.12. The van der Waals surface area contributed by atoms with E-state index in [0.717, 1.165) is 11.8 Å². The molecule has 0 radical (unpaired) electrons. The van der Waals surface area contributed by atoms with E-state index in [2.05, 4.69) is 0 Å². The molecule has 0 atom stereocenters. The summed E-state index contributed by atoms with van der Waals surface area (Å²) in [5, 5.41) is 0. The normalized spacial score (nSPS) is 19.1. The van der Waals surface area contributed by atoms with Crippen molar-refractivity contribution in [3.63, 3.8) is 0 Å². The van der Waals surface area contributed by atoms with Crippen molar-refractivity contribution < 1.29 is 16.8 Å². The highest BCUT2D eigenvalue weighted by Crippen LogP contribution is 2.14. The fourth-order valence-electron chi connectivity index (χ4n) is 2.31. The van der Waals surface area contributed by atoms with E-state index in [1.807, 2.05) is 30.3 Å². The zero-order chi connectivity index (χ0) is 15.5. The number of rotatable bonds is 6. The molecule has 0 saturated carbocycles. The van der Waals surface area contributed by atoms with Crippen LogP contribution >= 0.6 is 0 Å². The Morgan fingerprint density at radius 1 is 1.24 bits per heavy atom. The van der Waals surface area contributed by atoms with Gasteiger partial charge in [0.15, 0.2) is 0 Å². The molecule has 1 aliphatic heterocycles. The Labute approximate surface area is 126 Å². The smallest absolute Gasteiger partial charge is 0.212 e.